The van der Waals surface area contributed by atoms with Gasteiger partial charge in [0.2, 0.25) is 0 Å². The summed E-state index contributed by atoms with van der Waals surface area (Å²) in [6.07, 6.45) is 5.23. The van der Waals surface area contributed by atoms with Gasteiger partial charge in [-0.05, 0) is 60.5 Å². The molecule has 0 N–H and O–H groups in total. The Hall–Kier alpha value is -3.88. The molecule has 0 aliphatic carbocycles. The minimum atomic E-state index is -0.178. The molecular formula is C32H32N2O4S2. The highest BCUT2D eigenvalue weighted by atomic mass is 32.1. The van der Waals surface area contributed by atoms with Gasteiger partial charge < -0.3 is 18.8 Å². The molecule has 0 unspecified atom stereocenters. The Morgan fingerprint density at radius 1 is 0.925 bits per heavy atom. The van der Waals surface area contributed by atoms with Gasteiger partial charge in [-0.25, -0.2) is 4.98 Å². The Bertz CT molecular complexity index is 1520. The number of aromatic nitrogens is 2. The molecule has 0 bridgehead atoms. The molecule has 5 rings (SSSR count). The number of ether oxygens (including phenoxy) is 3. The molecule has 0 aliphatic rings. The van der Waals surface area contributed by atoms with E-state index in [9.17, 15) is 4.79 Å². The van der Waals surface area contributed by atoms with E-state index in [1.807, 2.05) is 49.6 Å². The van der Waals surface area contributed by atoms with Gasteiger partial charge in [0.1, 0.15) is 23.1 Å². The van der Waals surface area contributed by atoms with Crippen molar-refractivity contribution in [1.29, 1.82) is 0 Å². The maximum absolute atomic E-state index is 12.1. The third-order valence-electron chi connectivity index (χ3n) is 6.24. The summed E-state index contributed by atoms with van der Waals surface area (Å²) in [5.41, 5.74) is 5.32. The van der Waals surface area contributed by atoms with Gasteiger partial charge in [-0.15, -0.1) is 22.7 Å². The van der Waals surface area contributed by atoms with E-state index < -0.39 is 0 Å². The van der Waals surface area contributed by atoms with Crippen molar-refractivity contribution in [2.24, 2.45) is 0 Å². The summed E-state index contributed by atoms with van der Waals surface area (Å²) in [7, 11) is 0. The number of rotatable bonds is 13. The van der Waals surface area contributed by atoms with Gasteiger partial charge >= 0.3 is 5.97 Å². The van der Waals surface area contributed by atoms with Crippen LogP contribution in [0.15, 0.2) is 83.8 Å². The highest BCUT2D eigenvalue weighted by Crippen LogP contribution is 2.30. The topological polar surface area (TPSA) is 62.6 Å². The summed E-state index contributed by atoms with van der Waals surface area (Å²) in [6.45, 7) is 5.79. The van der Waals surface area contributed by atoms with Crippen molar-refractivity contribution in [3.63, 3.8) is 0 Å². The van der Waals surface area contributed by atoms with Crippen molar-refractivity contribution >= 4 is 28.6 Å². The van der Waals surface area contributed by atoms with Crippen LogP contribution in [0.1, 0.15) is 37.1 Å². The van der Waals surface area contributed by atoms with Crippen LogP contribution in [0.3, 0.4) is 0 Å². The van der Waals surface area contributed by atoms with Crippen LogP contribution in [0, 0.1) is 0 Å². The smallest absolute Gasteiger partial charge is 0.306 e. The van der Waals surface area contributed by atoms with Gasteiger partial charge in [0, 0.05) is 42.4 Å². The number of benzene rings is 2. The largest absolute Gasteiger partial charge is 0.494 e. The number of esters is 1. The molecule has 3 aromatic heterocycles. The fourth-order valence-electron chi connectivity index (χ4n) is 4.50. The first-order chi connectivity index (χ1) is 19.6. The van der Waals surface area contributed by atoms with Gasteiger partial charge in [-0.1, -0.05) is 36.4 Å². The SMILES string of the molecule is CCOC(=O)CCc1cn(Cc2cc(OCC)cc(OCc3csc(-c4cccs4)n3)c2)cc1-c1ccccc1. The zero-order valence-electron chi connectivity index (χ0n) is 22.7. The third kappa shape index (κ3) is 7.20. The van der Waals surface area contributed by atoms with E-state index in [-0.39, 0.29) is 5.97 Å². The van der Waals surface area contributed by atoms with Crippen molar-refractivity contribution in [1.82, 2.24) is 9.55 Å². The Labute approximate surface area is 242 Å². The van der Waals surface area contributed by atoms with Crippen molar-refractivity contribution in [3.05, 3.63) is 101 Å². The van der Waals surface area contributed by atoms with Crippen molar-refractivity contribution in [2.75, 3.05) is 13.2 Å². The lowest BCUT2D eigenvalue weighted by Crippen LogP contribution is -2.05. The molecule has 2 aromatic carbocycles. The first kappa shape index (κ1) is 27.7. The number of carbonyl (C=O) groups is 1. The Morgan fingerprint density at radius 3 is 2.50 bits per heavy atom. The molecule has 3 heterocycles. The number of aryl methyl sites for hydroxylation is 1. The molecule has 5 aromatic rings. The molecule has 0 saturated carbocycles. The molecule has 0 radical (unpaired) electrons. The average molecular weight is 573 g/mol. The predicted molar refractivity (Wildman–Crippen MR) is 161 cm³/mol. The Kier molecular flexibility index (Phi) is 9.31. The van der Waals surface area contributed by atoms with Crippen LogP contribution in [0.2, 0.25) is 0 Å². The maximum Gasteiger partial charge on any atom is 0.306 e. The molecule has 8 heteroatoms. The minimum Gasteiger partial charge on any atom is -0.494 e. The van der Waals surface area contributed by atoms with Crippen LogP contribution < -0.4 is 9.47 Å². The molecule has 40 heavy (non-hydrogen) atoms. The lowest BCUT2D eigenvalue weighted by Gasteiger charge is -2.12. The summed E-state index contributed by atoms with van der Waals surface area (Å²) in [5, 5.41) is 5.12. The second kappa shape index (κ2) is 13.5. The van der Waals surface area contributed by atoms with Crippen LogP contribution in [0.5, 0.6) is 11.5 Å². The number of hydrogen-bond donors (Lipinski definition) is 0. The second-order valence-electron chi connectivity index (χ2n) is 9.20. The third-order valence-corrected chi connectivity index (χ3v) is 8.17. The quantitative estimate of drug-likeness (QED) is 0.134. The van der Waals surface area contributed by atoms with E-state index in [1.54, 1.807) is 22.7 Å². The summed E-state index contributed by atoms with van der Waals surface area (Å²) in [4.78, 5) is 18.0. The normalized spacial score (nSPS) is 10.9. The van der Waals surface area contributed by atoms with E-state index in [1.165, 1.54) is 4.88 Å². The number of hydrogen-bond acceptors (Lipinski definition) is 7. The van der Waals surface area contributed by atoms with Crippen LogP contribution in [-0.4, -0.2) is 28.7 Å². The average Bonchev–Trinajstić information content (AvgIpc) is 3.73. The lowest BCUT2D eigenvalue weighted by atomic mass is 10.0. The molecule has 0 aliphatic heterocycles. The van der Waals surface area contributed by atoms with Crippen LogP contribution >= 0.6 is 22.7 Å². The lowest BCUT2D eigenvalue weighted by molar-refractivity contribution is -0.143. The first-order valence-corrected chi connectivity index (χ1v) is 15.1. The fourth-order valence-corrected chi connectivity index (χ4v) is 6.12. The monoisotopic (exact) mass is 572 g/mol. The molecular weight excluding hydrogens is 540 g/mol. The van der Waals surface area contributed by atoms with Crippen molar-refractivity contribution < 1.29 is 19.0 Å². The van der Waals surface area contributed by atoms with Gasteiger partial charge in [0.05, 0.1) is 23.8 Å². The Balaban J connectivity index is 1.34. The van der Waals surface area contributed by atoms with E-state index >= 15 is 0 Å². The highest BCUT2D eigenvalue weighted by molar-refractivity contribution is 7.20. The number of thiophene rings is 1. The van der Waals surface area contributed by atoms with Crippen molar-refractivity contribution in [2.45, 2.75) is 39.8 Å². The molecule has 0 amide bonds. The summed E-state index contributed by atoms with van der Waals surface area (Å²) < 4.78 is 19.4. The van der Waals surface area contributed by atoms with E-state index in [2.05, 4.69) is 52.7 Å². The molecule has 0 saturated heterocycles. The number of carbonyl (C=O) groups excluding carboxylic acids is 1. The zero-order chi connectivity index (χ0) is 27.7. The molecule has 0 spiro atoms. The zero-order valence-corrected chi connectivity index (χ0v) is 24.3. The van der Waals surface area contributed by atoms with Gasteiger partial charge in [0.15, 0.2) is 0 Å². The first-order valence-electron chi connectivity index (χ1n) is 13.4. The summed E-state index contributed by atoms with van der Waals surface area (Å²) in [5.74, 6) is 1.33. The van der Waals surface area contributed by atoms with Crippen LogP contribution in [0.4, 0.5) is 0 Å². The maximum atomic E-state index is 12.1. The highest BCUT2D eigenvalue weighted by Gasteiger charge is 2.13. The fraction of sp³-hybridized carbons (Fsp3) is 0.250. The summed E-state index contributed by atoms with van der Waals surface area (Å²) in [6, 6.07) is 20.4. The standard InChI is InChI=1S/C32H32N2O4S2/c1-3-36-27-15-23(16-28(17-27)38-21-26-22-40-32(33-26)30-11-8-14-39-30)18-34-19-25(12-13-31(35)37-4-2)29(20-34)24-9-6-5-7-10-24/h5-11,14-17,19-20,22H,3-4,12-13,18,21H2,1-2H3. The van der Waals surface area contributed by atoms with E-state index in [4.69, 9.17) is 19.2 Å². The summed E-state index contributed by atoms with van der Waals surface area (Å²) >= 11 is 3.32. The van der Waals surface area contributed by atoms with E-state index in [0.29, 0.717) is 39.2 Å². The second-order valence-corrected chi connectivity index (χ2v) is 11.0. The van der Waals surface area contributed by atoms with Crippen LogP contribution in [0.25, 0.3) is 21.0 Å². The number of thiazole rings is 1. The molecule has 0 fully saturated rings. The van der Waals surface area contributed by atoms with Gasteiger partial charge in [-0.2, -0.15) is 0 Å². The molecule has 0 atom stereocenters. The minimum absolute atomic E-state index is 0.178. The van der Waals surface area contributed by atoms with Crippen LogP contribution in [-0.2, 0) is 29.1 Å². The van der Waals surface area contributed by atoms with Gasteiger partial charge in [-0.3, -0.25) is 4.79 Å². The van der Waals surface area contributed by atoms with Crippen molar-refractivity contribution in [3.8, 4) is 32.5 Å². The van der Waals surface area contributed by atoms with Gasteiger partial charge in [0.25, 0.3) is 0 Å². The Morgan fingerprint density at radius 2 is 1.75 bits per heavy atom. The predicted octanol–water partition coefficient (Wildman–Crippen LogP) is 7.86. The number of nitrogens with zero attached hydrogens (tertiary/aromatic N) is 2. The molecule has 6 nitrogen and oxygen atoms in total. The molecule has 206 valence electrons. The van der Waals surface area contributed by atoms with E-state index in [0.717, 1.165) is 44.5 Å².